The molecule has 0 radical (unpaired) electrons. The van der Waals surface area contributed by atoms with E-state index in [0.29, 0.717) is 17.9 Å². The average molecular weight is 246 g/mol. The summed E-state index contributed by atoms with van der Waals surface area (Å²) in [5, 5.41) is 11.2. The molecule has 0 atom stereocenters. The highest BCUT2D eigenvalue weighted by atomic mass is 16.5. The molecule has 0 aliphatic carbocycles. The number of nitrogens with zero attached hydrogens (tertiary/aromatic N) is 1. The van der Waals surface area contributed by atoms with Gasteiger partial charge in [0.05, 0.1) is 0 Å². The molecule has 18 heavy (non-hydrogen) atoms. The van der Waals surface area contributed by atoms with Crippen LogP contribution < -0.4 is 10.1 Å². The second-order valence-electron chi connectivity index (χ2n) is 5.26. The van der Waals surface area contributed by atoms with Crippen LogP contribution >= 0.6 is 0 Å². The number of hydrogen-bond acceptors (Lipinski definition) is 3. The normalized spacial score (nSPS) is 10.6. The highest BCUT2D eigenvalue weighted by Crippen LogP contribution is 2.21. The minimum Gasteiger partial charge on any atom is -0.479 e. The summed E-state index contributed by atoms with van der Waals surface area (Å²) < 4.78 is 5.17. The Labute approximate surface area is 108 Å². The van der Waals surface area contributed by atoms with Crippen LogP contribution in [0.15, 0.2) is 24.3 Å². The van der Waals surface area contributed by atoms with Crippen LogP contribution in [0, 0.1) is 16.7 Å². The zero-order valence-electron chi connectivity index (χ0n) is 11.0. The van der Waals surface area contributed by atoms with Gasteiger partial charge in [-0.25, -0.2) is 0 Å². The number of carbonyl (C=O) groups excluding carboxylic acids is 1. The van der Waals surface area contributed by atoms with Crippen LogP contribution in [0.25, 0.3) is 0 Å². The monoisotopic (exact) mass is 246 g/mol. The Morgan fingerprint density at radius 1 is 1.44 bits per heavy atom. The van der Waals surface area contributed by atoms with Crippen molar-refractivity contribution >= 4 is 11.6 Å². The van der Waals surface area contributed by atoms with Crippen LogP contribution in [0.4, 0.5) is 5.69 Å². The molecule has 1 amide bonds. The first-order valence-corrected chi connectivity index (χ1v) is 5.80. The molecule has 0 heterocycles. The van der Waals surface area contributed by atoms with E-state index in [9.17, 15) is 4.79 Å². The van der Waals surface area contributed by atoms with Gasteiger partial charge >= 0.3 is 0 Å². The largest absolute Gasteiger partial charge is 0.479 e. The van der Waals surface area contributed by atoms with E-state index in [0.717, 1.165) is 0 Å². The molecule has 0 saturated carbocycles. The minimum absolute atomic E-state index is 0.000604. The fraction of sp³-hybridized carbons (Fsp3) is 0.429. The minimum atomic E-state index is -0.0427. The Kier molecular flexibility index (Phi) is 4.73. The van der Waals surface area contributed by atoms with Gasteiger partial charge in [0.2, 0.25) is 5.91 Å². The Hall–Kier alpha value is -2.02. The molecule has 1 rings (SSSR count). The van der Waals surface area contributed by atoms with Crippen molar-refractivity contribution in [3.05, 3.63) is 24.3 Å². The lowest BCUT2D eigenvalue weighted by Gasteiger charge is -2.17. The van der Waals surface area contributed by atoms with Crippen LogP contribution in [0.2, 0.25) is 0 Å². The molecule has 1 aromatic carbocycles. The van der Waals surface area contributed by atoms with E-state index in [1.54, 1.807) is 24.3 Å². The molecule has 0 unspecified atom stereocenters. The second-order valence-corrected chi connectivity index (χ2v) is 5.26. The number of hydrogen-bond donors (Lipinski definition) is 1. The standard InChI is InChI=1S/C14H18N2O2/c1-14(2,3)10-13(17)16-11-5-4-6-12(9-11)18-8-7-15/h4-6,9H,8,10H2,1-3H3,(H,16,17). The van der Waals surface area contributed by atoms with Gasteiger partial charge < -0.3 is 10.1 Å². The third kappa shape index (κ3) is 5.35. The number of ether oxygens (including phenoxy) is 1. The van der Waals surface area contributed by atoms with Gasteiger partial charge in [-0.15, -0.1) is 0 Å². The number of amides is 1. The summed E-state index contributed by atoms with van der Waals surface area (Å²) in [6, 6.07) is 8.92. The molecule has 0 aliphatic rings. The molecule has 1 aromatic rings. The molecule has 0 saturated heterocycles. The van der Waals surface area contributed by atoms with E-state index in [1.165, 1.54) is 0 Å². The van der Waals surface area contributed by atoms with E-state index < -0.39 is 0 Å². The number of nitrogens with one attached hydrogen (secondary N) is 1. The van der Waals surface area contributed by atoms with Gasteiger partial charge in [0.15, 0.2) is 6.61 Å². The fourth-order valence-corrected chi connectivity index (χ4v) is 1.47. The summed E-state index contributed by atoms with van der Waals surface area (Å²) in [5.74, 6) is 0.546. The Morgan fingerprint density at radius 2 is 2.17 bits per heavy atom. The number of anilines is 1. The number of carbonyl (C=O) groups is 1. The summed E-state index contributed by atoms with van der Waals surface area (Å²) in [7, 11) is 0. The van der Waals surface area contributed by atoms with Gasteiger partial charge in [0.1, 0.15) is 11.8 Å². The first-order chi connectivity index (χ1) is 8.40. The van der Waals surface area contributed by atoms with Crippen LogP contribution in [0.1, 0.15) is 27.2 Å². The maximum atomic E-state index is 11.7. The van der Waals surface area contributed by atoms with Crippen LogP contribution in [0.3, 0.4) is 0 Å². The molecule has 96 valence electrons. The number of benzene rings is 1. The SMILES string of the molecule is CC(C)(C)CC(=O)Nc1cccc(OCC#N)c1. The number of nitriles is 1. The Morgan fingerprint density at radius 3 is 2.78 bits per heavy atom. The fourth-order valence-electron chi connectivity index (χ4n) is 1.47. The third-order valence-electron chi connectivity index (χ3n) is 2.11. The molecule has 4 heteroatoms. The van der Waals surface area contributed by atoms with Gasteiger partial charge in [-0.05, 0) is 17.5 Å². The third-order valence-corrected chi connectivity index (χ3v) is 2.11. The van der Waals surface area contributed by atoms with E-state index in [4.69, 9.17) is 10.00 Å². The smallest absolute Gasteiger partial charge is 0.224 e. The maximum absolute atomic E-state index is 11.7. The summed E-state index contributed by atoms with van der Waals surface area (Å²) in [4.78, 5) is 11.7. The summed E-state index contributed by atoms with van der Waals surface area (Å²) >= 11 is 0. The van der Waals surface area contributed by atoms with E-state index in [1.807, 2.05) is 26.8 Å². The first kappa shape index (κ1) is 14.0. The highest BCUT2D eigenvalue weighted by molar-refractivity contribution is 5.91. The molecule has 4 nitrogen and oxygen atoms in total. The molecule has 0 bridgehead atoms. The van der Waals surface area contributed by atoms with Crippen molar-refractivity contribution < 1.29 is 9.53 Å². The molecular weight excluding hydrogens is 228 g/mol. The van der Waals surface area contributed by atoms with Gasteiger partial charge in [-0.2, -0.15) is 5.26 Å². The van der Waals surface area contributed by atoms with Crippen LogP contribution in [-0.4, -0.2) is 12.5 Å². The molecule has 0 spiro atoms. The Bertz CT molecular complexity index is 456. The summed E-state index contributed by atoms with van der Waals surface area (Å²) in [5.41, 5.74) is 0.638. The zero-order valence-corrected chi connectivity index (χ0v) is 11.0. The lowest BCUT2D eigenvalue weighted by atomic mass is 9.92. The quantitative estimate of drug-likeness (QED) is 0.888. The predicted molar refractivity (Wildman–Crippen MR) is 70.3 cm³/mol. The van der Waals surface area contributed by atoms with Crippen LogP contribution in [-0.2, 0) is 4.79 Å². The highest BCUT2D eigenvalue weighted by Gasteiger charge is 2.15. The van der Waals surface area contributed by atoms with E-state index >= 15 is 0 Å². The molecule has 0 aromatic heterocycles. The van der Waals surface area contributed by atoms with Crippen molar-refractivity contribution in [3.63, 3.8) is 0 Å². The maximum Gasteiger partial charge on any atom is 0.224 e. The van der Waals surface area contributed by atoms with Crippen molar-refractivity contribution in [1.82, 2.24) is 0 Å². The average Bonchev–Trinajstić information content (AvgIpc) is 2.24. The van der Waals surface area contributed by atoms with Gasteiger partial charge in [0, 0.05) is 18.2 Å². The van der Waals surface area contributed by atoms with E-state index in [-0.39, 0.29) is 17.9 Å². The zero-order chi connectivity index (χ0) is 13.6. The van der Waals surface area contributed by atoms with Crippen molar-refractivity contribution in [1.29, 1.82) is 5.26 Å². The Balaban J connectivity index is 2.62. The van der Waals surface area contributed by atoms with Crippen molar-refractivity contribution in [2.75, 3.05) is 11.9 Å². The van der Waals surface area contributed by atoms with Crippen LogP contribution in [0.5, 0.6) is 5.75 Å². The van der Waals surface area contributed by atoms with Crippen molar-refractivity contribution in [2.45, 2.75) is 27.2 Å². The topological polar surface area (TPSA) is 62.1 Å². The number of rotatable bonds is 4. The molecular formula is C14H18N2O2. The summed E-state index contributed by atoms with van der Waals surface area (Å²) in [6.07, 6.45) is 0.455. The van der Waals surface area contributed by atoms with E-state index in [2.05, 4.69) is 5.32 Å². The van der Waals surface area contributed by atoms with Gasteiger partial charge in [-0.1, -0.05) is 26.8 Å². The van der Waals surface area contributed by atoms with Crippen molar-refractivity contribution in [2.24, 2.45) is 5.41 Å². The lowest BCUT2D eigenvalue weighted by molar-refractivity contribution is -0.117. The molecule has 1 N–H and O–H groups in total. The first-order valence-electron chi connectivity index (χ1n) is 5.80. The van der Waals surface area contributed by atoms with Gasteiger partial charge in [-0.3, -0.25) is 4.79 Å². The van der Waals surface area contributed by atoms with Gasteiger partial charge in [0.25, 0.3) is 0 Å². The molecule has 0 fully saturated rings. The second kappa shape index (κ2) is 6.06. The van der Waals surface area contributed by atoms with Crippen molar-refractivity contribution in [3.8, 4) is 11.8 Å². The lowest BCUT2D eigenvalue weighted by Crippen LogP contribution is -2.19. The molecule has 0 aliphatic heterocycles. The predicted octanol–water partition coefficient (Wildman–Crippen LogP) is 2.96. The summed E-state index contributed by atoms with van der Waals surface area (Å²) in [6.45, 7) is 6.04.